The Bertz CT molecular complexity index is 389. The Morgan fingerprint density at radius 1 is 1.26 bits per heavy atom. The van der Waals surface area contributed by atoms with Gasteiger partial charge in [0.05, 0.1) is 7.11 Å². The van der Waals surface area contributed by atoms with Gasteiger partial charge in [0, 0.05) is 12.6 Å². The molecule has 1 aromatic rings. The van der Waals surface area contributed by atoms with Crippen molar-refractivity contribution in [2.45, 2.75) is 52.1 Å². The third-order valence-electron chi connectivity index (χ3n) is 4.38. The summed E-state index contributed by atoms with van der Waals surface area (Å²) in [5.74, 6) is 2.56. The summed E-state index contributed by atoms with van der Waals surface area (Å²) >= 11 is 0. The molecule has 2 heteroatoms. The van der Waals surface area contributed by atoms with Gasteiger partial charge in [0.15, 0.2) is 0 Å². The highest BCUT2D eigenvalue weighted by atomic mass is 16.5. The van der Waals surface area contributed by atoms with E-state index < -0.39 is 0 Å². The minimum Gasteiger partial charge on any atom is -0.497 e. The van der Waals surface area contributed by atoms with E-state index in [0.717, 1.165) is 24.1 Å². The molecule has 2 unspecified atom stereocenters. The number of nitrogens with one attached hydrogen (secondary N) is 1. The number of ether oxygens (including phenoxy) is 1. The summed E-state index contributed by atoms with van der Waals surface area (Å²) in [4.78, 5) is 0. The molecule has 0 amide bonds. The Balaban J connectivity index is 1.92. The fraction of sp³-hybridized carbons (Fsp3) is 0.647. The molecular weight excluding hydrogens is 234 g/mol. The summed E-state index contributed by atoms with van der Waals surface area (Å²) < 4.78 is 5.28. The van der Waals surface area contributed by atoms with Crippen molar-refractivity contribution in [3.63, 3.8) is 0 Å². The van der Waals surface area contributed by atoms with Crippen molar-refractivity contribution in [3.05, 3.63) is 29.8 Å². The molecule has 0 spiro atoms. The van der Waals surface area contributed by atoms with Crippen LogP contribution in [0.2, 0.25) is 0 Å². The van der Waals surface area contributed by atoms with E-state index in [9.17, 15) is 0 Å². The normalized spacial score (nSPS) is 23.6. The molecule has 1 aliphatic rings. The molecule has 0 heterocycles. The molecule has 1 N–H and O–H groups in total. The fourth-order valence-corrected chi connectivity index (χ4v) is 3.24. The van der Waals surface area contributed by atoms with E-state index in [1.807, 2.05) is 6.07 Å². The van der Waals surface area contributed by atoms with Gasteiger partial charge >= 0.3 is 0 Å². The van der Waals surface area contributed by atoms with Crippen molar-refractivity contribution < 1.29 is 4.74 Å². The number of hydrogen-bond acceptors (Lipinski definition) is 2. The smallest absolute Gasteiger partial charge is 0.119 e. The molecule has 0 aromatic heterocycles. The summed E-state index contributed by atoms with van der Waals surface area (Å²) in [6.07, 6.45) is 5.49. The predicted octanol–water partition coefficient (Wildman–Crippen LogP) is 4.00. The van der Waals surface area contributed by atoms with Gasteiger partial charge in [-0.1, -0.05) is 38.8 Å². The Labute approximate surface area is 117 Å². The van der Waals surface area contributed by atoms with Gasteiger partial charge in [0.2, 0.25) is 0 Å². The topological polar surface area (TPSA) is 21.3 Å². The molecule has 19 heavy (non-hydrogen) atoms. The van der Waals surface area contributed by atoms with Crippen LogP contribution in [0.15, 0.2) is 24.3 Å². The van der Waals surface area contributed by atoms with Crippen LogP contribution in [0.5, 0.6) is 5.75 Å². The molecule has 1 aliphatic carbocycles. The summed E-state index contributed by atoms with van der Waals surface area (Å²) in [5, 5.41) is 3.77. The highest BCUT2D eigenvalue weighted by molar-refractivity contribution is 5.28. The van der Waals surface area contributed by atoms with E-state index in [0.29, 0.717) is 6.04 Å². The van der Waals surface area contributed by atoms with Crippen LogP contribution in [0.3, 0.4) is 0 Å². The highest BCUT2D eigenvalue weighted by Crippen LogP contribution is 2.30. The van der Waals surface area contributed by atoms with E-state index in [-0.39, 0.29) is 0 Å². The van der Waals surface area contributed by atoms with E-state index in [1.165, 1.54) is 31.2 Å². The van der Waals surface area contributed by atoms with Crippen LogP contribution in [0.4, 0.5) is 0 Å². The van der Waals surface area contributed by atoms with Gasteiger partial charge < -0.3 is 10.1 Å². The molecule has 1 fully saturated rings. The van der Waals surface area contributed by atoms with Crippen LogP contribution < -0.4 is 10.1 Å². The van der Waals surface area contributed by atoms with Crippen molar-refractivity contribution in [1.82, 2.24) is 5.32 Å². The second kappa shape index (κ2) is 6.95. The zero-order valence-electron chi connectivity index (χ0n) is 12.5. The quantitative estimate of drug-likeness (QED) is 0.865. The number of rotatable bonds is 5. The maximum Gasteiger partial charge on any atom is 0.119 e. The molecule has 106 valence electrons. The zero-order valence-corrected chi connectivity index (χ0v) is 12.5. The lowest BCUT2D eigenvalue weighted by atomic mass is 9.78. The van der Waals surface area contributed by atoms with E-state index in [1.54, 1.807) is 7.11 Å². The first-order chi connectivity index (χ1) is 9.20. The van der Waals surface area contributed by atoms with Gasteiger partial charge in [-0.25, -0.2) is 0 Å². The molecule has 2 nitrogen and oxygen atoms in total. The van der Waals surface area contributed by atoms with Gasteiger partial charge in [0.25, 0.3) is 0 Å². The third-order valence-corrected chi connectivity index (χ3v) is 4.38. The van der Waals surface area contributed by atoms with Gasteiger partial charge in [-0.3, -0.25) is 0 Å². The van der Waals surface area contributed by atoms with Crippen molar-refractivity contribution in [2.75, 3.05) is 7.11 Å². The van der Waals surface area contributed by atoms with Crippen LogP contribution in [0.1, 0.15) is 45.1 Å². The number of methoxy groups -OCH3 is 1. The maximum absolute atomic E-state index is 5.28. The van der Waals surface area contributed by atoms with Crippen molar-refractivity contribution in [2.24, 2.45) is 11.8 Å². The monoisotopic (exact) mass is 261 g/mol. The maximum atomic E-state index is 5.28. The van der Waals surface area contributed by atoms with Crippen molar-refractivity contribution in [3.8, 4) is 5.75 Å². The molecule has 0 saturated heterocycles. The Morgan fingerprint density at radius 3 is 2.79 bits per heavy atom. The SMILES string of the molecule is COc1cccc(CNC2CCCCC2C(C)C)c1. The number of benzene rings is 1. The first kappa shape index (κ1) is 14.4. The lowest BCUT2D eigenvalue weighted by Gasteiger charge is -2.35. The average molecular weight is 261 g/mol. The summed E-state index contributed by atoms with van der Waals surface area (Å²) in [5.41, 5.74) is 1.31. The lowest BCUT2D eigenvalue weighted by molar-refractivity contribution is 0.204. The van der Waals surface area contributed by atoms with Crippen LogP contribution in [-0.4, -0.2) is 13.2 Å². The van der Waals surface area contributed by atoms with Crippen LogP contribution in [0.25, 0.3) is 0 Å². The molecule has 1 aromatic carbocycles. The Morgan fingerprint density at radius 2 is 2.05 bits per heavy atom. The van der Waals surface area contributed by atoms with Gasteiger partial charge in [-0.2, -0.15) is 0 Å². The fourth-order valence-electron chi connectivity index (χ4n) is 3.24. The lowest BCUT2D eigenvalue weighted by Crippen LogP contribution is -2.40. The van der Waals surface area contributed by atoms with E-state index >= 15 is 0 Å². The van der Waals surface area contributed by atoms with E-state index in [2.05, 4.69) is 37.4 Å². The summed E-state index contributed by atoms with van der Waals surface area (Å²) in [7, 11) is 1.72. The van der Waals surface area contributed by atoms with Crippen molar-refractivity contribution in [1.29, 1.82) is 0 Å². The molecule has 0 aliphatic heterocycles. The first-order valence-electron chi connectivity index (χ1n) is 7.57. The summed E-state index contributed by atoms with van der Waals surface area (Å²) in [6.45, 7) is 5.66. The van der Waals surface area contributed by atoms with Crippen LogP contribution in [-0.2, 0) is 6.54 Å². The third kappa shape index (κ3) is 3.97. The number of hydrogen-bond donors (Lipinski definition) is 1. The van der Waals surface area contributed by atoms with Gasteiger partial charge in [-0.05, 0) is 42.4 Å². The predicted molar refractivity (Wildman–Crippen MR) is 80.4 cm³/mol. The zero-order chi connectivity index (χ0) is 13.7. The Hall–Kier alpha value is -1.02. The van der Waals surface area contributed by atoms with Gasteiger partial charge in [0.1, 0.15) is 5.75 Å². The largest absolute Gasteiger partial charge is 0.497 e. The van der Waals surface area contributed by atoms with Crippen LogP contribution >= 0.6 is 0 Å². The molecule has 1 saturated carbocycles. The summed E-state index contributed by atoms with van der Waals surface area (Å²) in [6, 6.07) is 9.04. The second-order valence-electron chi connectivity index (χ2n) is 6.03. The minimum absolute atomic E-state index is 0.681. The molecule has 2 atom stereocenters. The molecular formula is C17H27NO. The molecule has 2 rings (SSSR count). The average Bonchev–Trinajstić information content (AvgIpc) is 2.45. The minimum atomic E-state index is 0.681. The molecule has 0 bridgehead atoms. The standard InChI is InChI=1S/C17H27NO/c1-13(2)16-9-4-5-10-17(16)18-12-14-7-6-8-15(11-14)19-3/h6-8,11,13,16-18H,4-5,9-10,12H2,1-3H3. The van der Waals surface area contributed by atoms with E-state index in [4.69, 9.17) is 4.74 Å². The van der Waals surface area contributed by atoms with Crippen molar-refractivity contribution >= 4 is 0 Å². The highest BCUT2D eigenvalue weighted by Gasteiger charge is 2.26. The second-order valence-corrected chi connectivity index (χ2v) is 6.03. The van der Waals surface area contributed by atoms with Crippen LogP contribution in [0, 0.1) is 11.8 Å². The van der Waals surface area contributed by atoms with Gasteiger partial charge in [-0.15, -0.1) is 0 Å². The molecule has 0 radical (unpaired) electrons. The first-order valence-corrected chi connectivity index (χ1v) is 7.57. The Kier molecular flexibility index (Phi) is 5.26.